The van der Waals surface area contributed by atoms with Gasteiger partial charge in [0.2, 0.25) is 5.91 Å². The maximum absolute atomic E-state index is 11.3. The summed E-state index contributed by atoms with van der Waals surface area (Å²) in [5.41, 5.74) is 0.888. The summed E-state index contributed by atoms with van der Waals surface area (Å²) in [5.74, 6) is 1.99. The van der Waals surface area contributed by atoms with E-state index in [2.05, 4.69) is 17.9 Å². The number of methoxy groups -OCH3 is 2. The highest BCUT2D eigenvalue weighted by Gasteiger charge is 2.06. The molecular formula is C12H17NO3S. The molecule has 17 heavy (non-hydrogen) atoms. The van der Waals surface area contributed by atoms with Gasteiger partial charge in [0.05, 0.1) is 14.2 Å². The minimum absolute atomic E-state index is 0.0233. The van der Waals surface area contributed by atoms with Crippen LogP contribution < -0.4 is 14.8 Å². The first kappa shape index (κ1) is 13.7. The third kappa shape index (κ3) is 4.19. The van der Waals surface area contributed by atoms with Crippen molar-refractivity contribution in [2.45, 2.75) is 13.0 Å². The van der Waals surface area contributed by atoms with Crippen LogP contribution in [0.5, 0.6) is 11.5 Å². The van der Waals surface area contributed by atoms with Gasteiger partial charge in [-0.3, -0.25) is 4.79 Å². The smallest absolute Gasteiger partial charge is 0.221 e. The summed E-state index contributed by atoms with van der Waals surface area (Å²) in [4.78, 5) is 11.3. The van der Waals surface area contributed by atoms with E-state index in [1.54, 1.807) is 14.2 Å². The monoisotopic (exact) mass is 255 g/mol. The Labute approximate surface area is 107 Å². The minimum atomic E-state index is -0.0233. The van der Waals surface area contributed by atoms with Gasteiger partial charge in [-0.2, -0.15) is 12.6 Å². The molecule has 0 aliphatic rings. The van der Waals surface area contributed by atoms with Crippen LogP contribution in [-0.4, -0.2) is 25.9 Å². The van der Waals surface area contributed by atoms with Gasteiger partial charge >= 0.3 is 0 Å². The van der Waals surface area contributed by atoms with E-state index in [4.69, 9.17) is 9.47 Å². The number of thiol groups is 1. The maximum atomic E-state index is 11.3. The first-order chi connectivity index (χ1) is 8.21. The van der Waals surface area contributed by atoms with Gasteiger partial charge in [0.25, 0.3) is 0 Å². The molecule has 0 saturated carbocycles. The van der Waals surface area contributed by atoms with Gasteiger partial charge < -0.3 is 14.8 Å². The fourth-order valence-corrected chi connectivity index (χ4v) is 1.61. The summed E-state index contributed by atoms with van der Waals surface area (Å²) >= 11 is 4.00. The number of carbonyl (C=O) groups is 1. The van der Waals surface area contributed by atoms with Crippen LogP contribution in [0.2, 0.25) is 0 Å². The predicted molar refractivity (Wildman–Crippen MR) is 69.9 cm³/mol. The Morgan fingerprint density at radius 2 is 2.12 bits per heavy atom. The molecule has 0 heterocycles. The van der Waals surface area contributed by atoms with Gasteiger partial charge in [-0.15, -0.1) is 0 Å². The quantitative estimate of drug-likeness (QED) is 0.760. The molecule has 0 saturated heterocycles. The molecule has 1 N–H and O–H groups in total. The number of benzene rings is 1. The van der Waals surface area contributed by atoms with E-state index in [1.807, 2.05) is 18.2 Å². The van der Waals surface area contributed by atoms with E-state index in [0.717, 1.165) is 17.1 Å². The zero-order chi connectivity index (χ0) is 12.7. The van der Waals surface area contributed by atoms with Crippen molar-refractivity contribution in [3.8, 4) is 11.5 Å². The first-order valence-electron chi connectivity index (χ1n) is 5.29. The Morgan fingerprint density at radius 1 is 1.35 bits per heavy atom. The lowest BCUT2D eigenvalue weighted by Gasteiger charge is -2.11. The average Bonchev–Trinajstić information content (AvgIpc) is 2.36. The molecule has 0 fully saturated rings. The lowest BCUT2D eigenvalue weighted by atomic mass is 10.2. The summed E-state index contributed by atoms with van der Waals surface area (Å²) in [7, 11) is 3.20. The standard InChI is InChI=1S/C12H17NO3S/c1-15-10-3-4-11(16-2)9(7-10)8-13-12(14)5-6-17/h3-4,7,17H,5-6,8H2,1-2H3,(H,13,14). The van der Waals surface area contributed by atoms with Gasteiger partial charge in [-0.05, 0) is 24.0 Å². The molecule has 1 rings (SSSR count). The topological polar surface area (TPSA) is 47.6 Å². The van der Waals surface area contributed by atoms with Crippen LogP contribution in [0.25, 0.3) is 0 Å². The van der Waals surface area contributed by atoms with Gasteiger partial charge in [-0.25, -0.2) is 0 Å². The second-order valence-electron chi connectivity index (χ2n) is 3.43. The van der Waals surface area contributed by atoms with Crippen molar-refractivity contribution in [2.75, 3.05) is 20.0 Å². The van der Waals surface area contributed by atoms with Crippen LogP contribution in [0.15, 0.2) is 18.2 Å². The first-order valence-corrected chi connectivity index (χ1v) is 5.93. The fourth-order valence-electron chi connectivity index (χ4n) is 1.40. The van der Waals surface area contributed by atoms with Gasteiger partial charge in [0.15, 0.2) is 0 Å². The van der Waals surface area contributed by atoms with Crippen molar-refractivity contribution in [3.05, 3.63) is 23.8 Å². The zero-order valence-corrected chi connectivity index (χ0v) is 10.9. The molecule has 94 valence electrons. The van der Waals surface area contributed by atoms with Crippen LogP contribution in [-0.2, 0) is 11.3 Å². The molecule has 0 unspecified atom stereocenters. The molecule has 1 amide bonds. The highest BCUT2D eigenvalue weighted by atomic mass is 32.1. The van der Waals surface area contributed by atoms with Crippen molar-refractivity contribution in [1.29, 1.82) is 0 Å². The Hall–Kier alpha value is -1.36. The minimum Gasteiger partial charge on any atom is -0.497 e. The summed E-state index contributed by atoms with van der Waals surface area (Å²) in [6.07, 6.45) is 0.412. The Bertz CT molecular complexity index is 382. The maximum Gasteiger partial charge on any atom is 0.221 e. The van der Waals surface area contributed by atoms with Crippen LogP contribution in [0.3, 0.4) is 0 Å². The van der Waals surface area contributed by atoms with Crippen LogP contribution in [0.1, 0.15) is 12.0 Å². The van der Waals surface area contributed by atoms with Gasteiger partial charge in [0.1, 0.15) is 11.5 Å². The number of hydrogen-bond acceptors (Lipinski definition) is 4. The highest BCUT2D eigenvalue weighted by molar-refractivity contribution is 7.80. The van der Waals surface area contributed by atoms with Crippen molar-refractivity contribution < 1.29 is 14.3 Å². The summed E-state index contributed by atoms with van der Waals surface area (Å²) < 4.78 is 10.3. The average molecular weight is 255 g/mol. The van der Waals surface area contributed by atoms with E-state index < -0.39 is 0 Å². The summed E-state index contributed by atoms with van der Waals surface area (Å²) in [6, 6.07) is 5.48. The second-order valence-corrected chi connectivity index (χ2v) is 3.88. The molecule has 0 aromatic heterocycles. The van der Waals surface area contributed by atoms with Crippen molar-refractivity contribution in [1.82, 2.24) is 5.32 Å². The van der Waals surface area contributed by atoms with Gasteiger partial charge in [0, 0.05) is 18.5 Å². The van der Waals surface area contributed by atoms with Crippen LogP contribution in [0, 0.1) is 0 Å². The number of nitrogens with one attached hydrogen (secondary N) is 1. The van der Waals surface area contributed by atoms with Crippen LogP contribution >= 0.6 is 12.6 Å². The Kier molecular flexibility index (Phi) is 5.69. The zero-order valence-electron chi connectivity index (χ0n) is 10.0. The van der Waals surface area contributed by atoms with E-state index in [-0.39, 0.29) is 5.91 Å². The molecule has 1 aromatic rings. The molecule has 0 spiro atoms. The molecule has 0 radical (unpaired) electrons. The SMILES string of the molecule is COc1ccc(OC)c(CNC(=O)CCS)c1. The summed E-state index contributed by atoms with van der Waals surface area (Å²) in [5, 5.41) is 2.80. The van der Waals surface area contributed by atoms with E-state index in [0.29, 0.717) is 18.7 Å². The normalized spacial score (nSPS) is 9.82. The molecule has 0 atom stereocenters. The van der Waals surface area contributed by atoms with Gasteiger partial charge in [-0.1, -0.05) is 0 Å². The number of rotatable bonds is 6. The fraction of sp³-hybridized carbons (Fsp3) is 0.417. The molecule has 1 aromatic carbocycles. The second kappa shape index (κ2) is 7.06. The molecule has 0 aliphatic heterocycles. The van der Waals surface area contributed by atoms with Crippen LogP contribution in [0.4, 0.5) is 0 Å². The van der Waals surface area contributed by atoms with E-state index >= 15 is 0 Å². The Balaban J connectivity index is 2.70. The third-order valence-electron chi connectivity index (χ3n) is 2.30. The number of hydrogen-bond donors (Lipinski definition) is 2. The molecule has 5 heteroatoms. The molecule has 4 nitrogen and oxygen atoms in total. The van der Waals surface area contributed by atoms with E-state index in [1.165, 1.54) is 0 Å². The predicted octanol–water partition coefficient (Wildman–Crippen LogP) is 1.64. The van der Waals surface area contributed by atoms with Crippen molar-refractivity contribution >= 4 is 18.5 Å². The number of ether oxygens (including phenoxy) is 2. The molecule has 0 aliphatic carbocycles. The molecule has 0 bridgehead atoms. The van der Waals surface area contributed by atoms with Crippen molar-refractivity contribution in [3.63, 3.8) is 0 Å². The highest BCUT2D eigenvalue weighted by Crippen LogP contribution is 2.23. The lowest BCUT2D eigenvalue weighted by molar-refractivity contribution is -0.120. The summed E-state index contributed by atoms with van der Waals surface area (Å²) in [6.45, 7) is 0.424. The Morgan fingerprint density at radius 3 is 2.71 bits per heavy atom. The van der Waals surface area contributed by atoms with E-state index in [9.17, 15) is 4.79 Å². The number of carbonyl (C=O) groups excluding carboxylic acids is 1. The lowest BCUT2D eigenvalue weighted by Crippen LogP contribution is -2.23. The largest absolute Gasteiger partial charge is 0.497 e. The molecular weight excluding hydrogens is 238 g/mol. The number of amides is 1. The van der Waals surface area contributed by atoms with Crippen molar-refractivity contribution in [2.24, 2.45) is 0 Å². The third-order valence-corrected chi connectivity index (χ3v) is 2.53.